The van der Waals surface area contributed by atoms with Crippen LogP contribution in [0.3, 0.4) is 0 Å². The van der Waals surface area contributed by atoms with E-state index in [0.717, 1.165) is 31.4 Å². The number of nitrogens with one attached hydrogen (secondary N) is 1. The van der Waals surface area contributed by atoms with Crippen LogP contribution in [-0.2, 0) is 16.6 Å². The maximum atomic E-state index is 12.5. The molecular formula is C15H27N3O2S. The van der Waals surface area contributed by atoms with Gasteiger partial charge in [-0.05, 0) is 38.2 Å². The molecule has 2 rings (SSSR count). The summed E-state index contributed by atoms with van der Waals surface area (Å²) in [7, 11) is -3.46. The van der Waals surface area contributed by atoms with E-state index in [1.165, 1.54) is 0 Å². The van der Waals surface area contributed by atoms with Crippen LogP contribution in [0.15, 0.2) is 17.2 Å². The number of hydrogen-bond donors (Lipinski definition) is 2. The van der Waals surface area contributed by atoms with E-state index >= 15 is 0 Å². The second kappa shape index (κ2) is 6.50. The molecule has 0 amide bonds. The van der Waals surface area contributed by atoms with Crippen molar-refractivity contribution in [2.24, 2.45) is 11.7 Å². The maximum absolute atomic E-state index is 12.5. The monoisotopic (exact) mass is 313 g/mol. The third-order valence-corrected chi connectivity index (χ3v) is 5.73. The van der Waals surface area contributed by atoms with Gasteiger partial charge in [0.05, 0.1) is 4.90 Å². The molecule has 1 aromatic rings. The van der Waals surface area contributed by atoms with Crippen LogP contribution in [0, 0.1) is 5.92 Å². The molecule has 1 fully saturated rings. The first-order valence-electron chi connectivity index (χ1n) is 7.80. The molecule has 2 atom stereocenters. The Morgan fingerprint density at radius 2 is 2.10 bits per heavy atom. The standard InChI is InChI=1S/C15H27N3O2S/c1-4-11(2)7-12(3)17-21(19,20)15-8-14(9-16)18(10-15)13-5-6-13/h8,10-13,17H,4-7,9,16H2,1-3H3. The van der Waals surface area contributed by atoms with Gasteiger partial charge in [0, 0.05) is 30.5 Å². The maximum Gasteiger partial charge on any atom is 0.242 e. The van der Waals surface area contributed by atoms with Crippen LogP contribution in [0.1, 0.15) is 58.2 Å². The van der Waals surface area contributed by atoms with E-state index in [1.54, 1.807) is 12.3 Å². The van der Waals surface area contributed by atoms with Crippen molar-refractivity contribution in [3.8, 4) is 0 Å². The minimum atomic E-state index is -3.46. The highest BCUT2D eigenvalue weighted by Crippen LogP contribution is 2.37. The van der Waals surface area contributed by atoms with Crippen LogP contribution in [0.25, 0.3) is 0 Å². The predicted molar refractivity (Wildman–Crippen MR) is 84.4 cm³/mol. The Morgan fingerprint density at radius 1 is 1.43 bits per heavy atom. The third kappa shape index (κ3) is 4.08. The lowest BCUT2D eigenvalue weighted by Crippen LogP contribution is -2.33. The van der Waals surface area contributed by atoms with Crippen LogP contribution in [0.5, 0.6) is 0 Å². The third-order valence-electron chi connectivity index (χ3n) is 4.18. The van der Waals surface area contributed by atoms with Crippen molar-refractivity contribution in [2.75, 3.05) is 0 Å². The fourth-order valence-electron chi connectivity index (χ4n) is 2.65. The van der Waals surface area contributed by atoms with Crippen molar-refractivity contribution in [1.29, 1.82) is 0 Å². The lowest BCUT2D eigenvalue weighted by Gasteiger charge is -2.17. The summed E-state index contributed by atoms with van der Waals surface area (Å²) in [6.07, 6.45) is 5.86. The van der Waals surface area contributed by atoms with Gasteiger partial charge in [-0.15, -0.1) is 0 Å². The molecule has 2 unspecified atom stereocenters. The number of sulfonamides is 1. The van der Waals surface area contributed by atoms with Crippen LogP contribution in [0.2, 0.25) is 0 Å². The number of rotatable bonds is 8. The Hall–Kier alpha value is -0.850. The zero-order chi connectivity index (χ0) is 15.6. The van der Waals surface area contributed by atoms with Gasteiger partial charge in [0.25, 0.3) is 0 Å². The zero-order valence-corrected chi connectivity index (χ0v) is 14.0. The largest absolute Gasteiger partial charge is 0.346 e. The zero-order valence-electron chi connectivity index (χ0n) is 13.2. The van der Waals surface area contributed by atoms with E-state index in [2.05, 4.69) is 18.6 Å². The molecule has 1 aliphatic rings. The molecule has 21 heavy (non-hydrogen) atoms. The lowest BCUT2D eigenvalue weighted by atomic mass is 10.0. The van der Waals surface area contributed by atoms with Gasteiger partial charge in [0.2, 0.25) is 10.0 Å². The SMILES string of the molecule is CCC(C)CC(C)NS(=O)(=O)c1cc(CN)n(C2CC2)c1. The fourth-order valence-corrected chi connectivity index (χ4v) is 3.96. The first kappa shape index (κ1) is 16.5. The van der Waals surface area contributed by atoms with Crippen molar-refractivity contribution in [3.05, 3.63) is 18.0 Å². The van der Waals surface area contributed by atoms with Gasteiger partial charge in [-0.3, -0.25) is 0 Å². The second-order valence-electron chi connectivity index (χ2n) is 6.28. The Balaban J connectivity index is 2.12. The average Bonchev–Trinajstić information content (AvgIpc) is 3.16. The number of nitrogens with two attached hydrogens (primary N) is 1. The van der Waals surface area contributed by atoms with Gasteiger partial charge < -0.3 is 10.3 Å². The summed E-state index contributed by atoms with van der Waals surface area (Å²) in [6, 6.07) is 2.08. The first-order valence-corrected chi connectivity index (χ1v) is 9.28. The molecule has 0 aliphatic heterocycles. The molecule has 120 valence electrons. The molecular weight excluding hydrogens is 286 g/mol. The van der Waals surface area contributed by atoms with Gasteiger partial charge in [-0.25, -0.2) is 13.1 Å². The van der Waals surface area contributed by atoms with Gasteiger partial charge in [-0.2, -0.15) is 0 Å². The highest BCUT2D eigenvalue weighted by atomic mass is 32.2. The summed E-state index contributed by atoms with van der Waals surface area (Å²) in [6.45, 7) is 6.55. The smallest absolute Gasteiger partial charge is 0.242 e. The van der Waals surface area contributed by atoms with Crippen LogP contribution >= 0.6 is 0 Å². The molecule has 0 radical (unpaired) electrons. The van der Waals surface area contributed by atoms with Crippen molar-refractivity contribution >= 4 is 10.0 Å². The minimum absolute atomic E-state index is 0.0597. The minimum Gasteiger partial charge on any atom is -0.346 e. The van der Waals surface area contributed by atoms with Gasteiger partial charge in [-0.1, -0.05) is 20.3 Å². The summed E-state index contributed by atoms with van der Waals surface area (Å²) in [4.78, 5) is 0.339. The summed E-state index contributed by atoms with van der Waals surface area (Å²) in [5.41, 5.74) is 6.62. The topological polar surface area (TPSA) is 77.1 Å². The molecule has 1 saturated carbocycles. The molecule has 0 spiro atoms. The predicted octanol–water partition coefficient (Wildman–Crippen LogP) is 2.38. The summed E-state index contributed by atoms with van der Waals surface area (Å²) < 4.78 is 29.7. The molecule has 1 aliphatic carbocycles. The van der Waals surface area contributed by atoms with E-state index < -0.39 is 10.0 Å². The quantitative estimate of drug-likeness (QED) is 0.773. The molecule has 0 bridgehead atoms. The summed E-state index contributed by atoms with van der Waals surface area (Å²) >= 11 is 0. The Morgan fingerprint density at radius 3 is 2.62 bits per heavy atom. The fraction of sp³-hybridized carbons (Fsp3) is 0.733. The van der Waals surface area contributed by atoms with E-state index in [-0.39, 0.29) is 6.04 Å². The van der Waals surface area contributed by atoms with Crippen molar-refractivity contribution < 1.29 is 8.42 Å². The number of hydrogen-bond acceptors (Lipinski definition) is 3. The Bertz CT molecular complexity index is 576. The van der Waals surface area contributed by atoms with Gasteiger partial charge in [0.15, 0.2) is 0 Å². The average molecular weight is 313 g/mol. The summed E-state index contributed by atoms with van der Waals surface area (Å²) in [5.74, 6) is 0.512. The molecule has 0 aromatic carbocycles. The van der Waals surface area contributed by atoms with Crippen molar-refractivity contribution in [1.82, 2.24) is 9.29 Å². The van der Waals surface area contributed by atoms with Gasteiger partial charge in [0.1, 0.15) is 0 Å². The van der Waals surface area contributed by atoms with Crippen molar-refractivity contribution in [3.63, 3.8) is 0 Å². The normalized spacial score (nSPS) is 18.7. The van der Waals surface area contributed by atoms with Crippen molar-refractivity contribution in [2.45, 2.75) is 70.0 Å². The second-order valence-corrected chi connectivity index (χ2v) is 8.00. The molecule has 5 nitrogen and oxygen atoms in total. The van der Waals surface area contributed by atoms with E-state index in [1.807, 2.05) is 11.5 Å². The Labute approximate surface area is 128 Å². The molecule has 1 aromatic heterocycles. The summed E-state index contributed by atoms with van der Waals surface area (Å²) in [5, 5.41) is 0. The lowest BCUT2D eigenvalue weighted by molar-refractivity contribution is 0.445. The molecule has 6 heteroatoms. The van der Waals surface area contributed by atoms with Gasteiger partial charge >= 0.3 is 0 Å². The number of aromatic nitrogens is 1. The molecule has 0 saturated heterocycles. The van der Waals surface area contributed by atoms with E-state index in [9.17, 15) is 8.42 Å². The molecule has 1 heterocycles. The van der Waals surface area contributed by atoms with E-state index in [4.69, 9.17) is 5.73 Å². The highest BCUT2D eigenvalue weighted by molar-refractivity contribution is 7.89. The molecule has 3 N–H and O–H groups in total. The van der Waals surface area contributed by atoms with Crippen LogP contribution < -0.4 is 10.5 Å². The highest BCUT2D eigenvalue weighted by Gasteiger charge is 2.28. The first-order chi connectivity index (χ1) is 9.87. The number of nitrogens with zero attached hydrogens (tertiary/aromatic N) is 1. The Kier molecular flexibility index (Phi) is 5.11. The van der Waals surface area contributed by atoms with Crippen LogP contribution in [-0.4, -0.2) is 19.0 Å². The van der Waals surface area contributed by atoms with E-state index in [0.29, 0.717) is 23.4 Å². The van der Waals surface area contributed by atoms with Crippen LogP contribution in [0.4, 0.5) is 0 Å².